The number of benzene rings is 1. The topological polar surface area (TPSA) is 55.1 Å². The number of carbonyl (C=O) groups is 1. The molecule has 1 aromatic carbocycles. The second-order valence-corrected chi connectivity index (χ2v) is 5.42. The molecule has 110 valence electrons. The van der Waals surface area contributed by atoms with Crippen LogP contribution in [0.25, 0.3) is 0 Å². The van der Waals surface area contributed by atoms with Crippen LogP contribution in [0.3, 0.4) is 0 Å². The van der Waals surface area contributed by atoms with Gasteiger partial charge in [-0.05, 0) is 31.4 Å². The Bertz CT molecular complexity index is 465. The van der Waals surface area contributed by atoms with Gasteiger partial charge < -0.3 is 11.1 Å². The lowest BCUT2D eigenvalue weighted by atomic mass is 9.82. The van der Waals surface area contributed by atoms with Gasteiger partial charge in [-0.1, -0.05) is 25.3 Å². The summed E-state index contributed by atoms with van der Waals surface area (Å²) >= 11 is 0. The second-order valence-electron chi connectivity index (χ2n) is 5.42. The van der Waals surface area contributed by atoms with Crippen LogP contribution in [0.2, 0.25) is 0 Å². The average molecular weight is 282 g/mol. The molecule has 0 atom stereocenters. The van der Waals surface area contributed by atoms with Gasteiger partial charge in [0, 0.05) is 12.1 Å². The Morgan fingerprint density at radius 3 is 2.40 bits per heavy atom. The van der Waals surface area contributed by atoms with E-state index in [4.69, 9.17) is 5.73 Å². The van der Waals surface area contributed by atoms with Crippen molar-refractivity contribution < 1.29 is 13.6 Å². The first-order chi connectivity index (χ1) is 9.53. The smallest absolute Gasteiger partial charge is 0.240 e. The molecule has 0 radical (unpaired) electrons. The van der Waals surface area contributed by atoms with E-state index in [9.17, 15) is 13.6 Å². The maximum atomic E-state index is 13.4. The fourth-order valence-electron chi connectivity index (χ4n) is 2.66. The van der Waals surface area contributed by atoms with Crippen molar-refractivity contribution in [3.8, 4) is 0 Å². The number of carbonyl (C=O) groups excluding carboxylic acids is 1. The molecule has 0 aliphatic heterocycles. The van der Waals surface area contributed by atoms with Gasteiger partial charge in [-0.2, -0.15) is 0 Å². The molecule has 1 aliphatic rings. The Kier molecular flexibility index (Phi) is 4.70. The fourth-order valence-corrected chi connectivity index (χ4v) is 2.66. The molecular weight excluding hydrogens is 262 g/mol. The van der Waals surface area contributed by atoms with Crippen molar-refractivity contribution in [3.05, 3.63) is 35.4 Å². The van der Waals surface area contributed by atoms with Crippen LogP contribution in [0.15, 0.2) is 18.2 Å². The molecule has 1 aliphatic carbocycles. The zero-order valence-electron chi connectivity index (χ0n) is 11.4. The Hall–Kier alpha value is -1.49. The number of nitrogens with two attached hydrogens (primary N) is 1. The molecule has 3 nitrogen and oxygen atoms in total. The summed E-state index contributed by atoms with van der Waals surface area (Å²) in [5.74, 6) is -1.38. The molecule has 1 amide bonds. The highest BCUT2D eigenvalue weighted by Crippen LogP contribution is 2.25. The van der Waals surface area contributed by atoms with E-state index in [1.807, 2.05) is 0 Å². The van der Waals surface area contributed by atoms with Crippen molar-refractivity contribution in [2.24, 2.45) is 5.73 Å². The summed E-state index contributed by atoms with van der Waals surface area (Å²) in [5, 5.41) is 2.70. The summed E-state index contributed by atoms with van der Waals surface area (Å²) in [5.41, 5.74) is 5.27. The molecule has 1 saturated carbocycles. The number of hydrogen-bond donors (Lipinski definition) is 2. The Labute approximate surface area is 117 Å². The van der Waals surface area contributed by atoms with Gasteiger partial charge in [-0.25, -0.2) is 8.78 Å². The second kappa shape index (κ2) is 6.31. The van der Waals surface area contributed by atoms with Gasteiger partial charge in [0.15, 0.2) is 0 Å². The Morgan fingerprint density at radius 1 is 1.20 bits per heavy atom. The van der Waals surface area contributed by atoms with Gasteiger partial charge in [-0.15, -0.1) is 0 Å². The lowest BCUT2D eigenvalue weighted by Crippen LogP contribution is -2.55. The van der Waals surface area contributed by atoms with E-state index < -0.39 is 17.2 Å². The van der Waals surface area contributed by atoms with E-state index in [2.05, 4.69) is 5.32 Å². The fraction of sp³-hybridized carbons (Fsp3) is 0.533. The molecule has 2 rings (SSSR count). The van der Waals surface area contributed by atoms with Crippen LogP contribution in [0, 0.1) is 11.6 Å². The van der Waals surface area contributed by atoms with E-state index in [0.29, 0.717) is 12.8 Å². The molecule has 5 heteroatoms. The largest absolute Gasteiger partial charge is 0.354 e. The van der Waals surface area contributed by atoms with Gasteiger partial charge in [0.1, 0.15) is 11.6 Å². The quantitative estimate of drug-likeness (QED) is 0.890. The van der Waals surface area contributed by atoms with Gasteiger partial charge in [0.05, 0.1) is 5.54 Å². The molecule has 0 bridgehead atoms. The Balaban J connectivity index is 1.88. The van der Waals surface area contributed by atoms with Crippen LogP contribution in [-0.2, 0) is 11.2 Å². The van der Waals surface area contributed by atoms with Gasteiger partial charge in [-0.3, -0.25) is 4.79 Å². The minimum absolute atomic E-state index is 0.00233. The third kappa shape index (κ3) is 3.33. The molecule has 0 saturated heterocycles. The zero-order valence-corrected chi connectivity index (χ0v) is 11.4. The molecule has 0 aromatic heterocycles. The summed E-state index contributed by atoms with van der Waals surface area (Å²) < 4.78 is 26.9. The maximum Gasteiger partial charge on any atom is 0.240 e. The standard InChI is InChI=1S/C15H20F2N2O/c16-12-5-4-6-13(17)11(12)7-10-19-14(20)15(18)8-2-1-3-9-15/h4-6H,1-3,7-10,18H2,(H,19,20). The maximum absolute atomic E-state index is 13.4. The highest BCUT2D eigenvalue weighted by molar-refractivity contribution is 5.86. The molecule has 20 heavy (non-hydrogen) atoms. The first kappa shape index (κ1) is 14.9. The highest BCUT2D eigenvalue weighted by atomic mass is 19.1. The minimum Gasteiger partial charge on any atom is -0.354 e. The van der Waals surface area contributed by atoms with E-state index in [1.165, 1.54) is 18.2 Å². The average Bonchev–Trinajstić information content (AvgIpc) is 2.42. The van der Waals surface area contributed by atoms with Crippen LogP contribution in [-0.4, -0.2) is 18.0 Å². The number of nitrogens with one attached hydrogen (secondary N) is 1. The van der Waals surface area contributed by atoms with Crippen molar-refractivity contribution in [1.29, 1.82) is 0 Å². The van der Waals surface area contributed by atoms with Crippen molar-refractivity contribution in [1.82, 2.24) is 5.32 Å². The normalized spacial score (nSPS) is 17.8. The summed E-state index contributed by atoms with van der Waals surface area (Å²) in [6.45, 7) is 0.190. The van der Waals surface area contributed by atoms with Crippen molar-refractivity contribution in [2.75, 3.05) is 6.54 Å². The van der Waals surface area contributed by atoms with Gasteiger partial charge in [0.2, 0.25) is 5.91 Å². The van der Waals surface area contributed by atoms with E-state index >= 15 is 0 Å². The lowest BCUT2D eigenvalue weighted by Gasteiger charge is -2.31. The van der Waals surface area contributed by atoms with Crippen molar-refractivity contribution in [2.45, 2.75) is 44.1 Å². The number of rotatable bonds is 4. The number of amides is 1. The van der Waals surface area contributed by atoms with Crippen molar-refractivity contribution >= 4 is 5.91 Å². The first-order valence-electron chi connectivity index (χ1n) is 7.03. The number of halogens is 2. The van der Waals surface area contributed by atoms with Crippen LogP contribution < -0.4 is 11.1 Å². The summed E-state index contributed by atoms with van der Waals surface area (Å²) in [7, 11) is 0. The van der Waals surface area contributed by atoms with Gasteiger partial charge >= 0.3 is 0 Å². The first-order valence-corrected chi connectivity index (χ1v) is 7.03. The van der Waals surface area contributed by atoms with Crippen LogP contribution in [0.5, 0.6) is 0 Å². The van der Waals surface area contributed by atoms with Crippen LogP contribution in [0.4, 0.5) is 8.78 Å². The monoisotopic (exact) mass is 282 g/mol. The Morgan fingerprint density at radius 2 is 1.80 bits per heavy atom. The third-order valence-electron chi connectivity index (χ3n) is 3.92. The lowest BCUT2D eigenvalue weighted by molar-refractivity contribution is -0.127. The SMILES string of the molecule is NC1(C(=O)NCCc2c(F)cccc2F)CCCCC1. The third-order valence-corrected chi connectivity index (χ3v) is 3.92. The summed E-state index contributed by atoms with van der Waals surface area (Å²) in [6, 6.07) is 3.75. The predicted octanol–water partition coefficient (Wildman–Crippen LogP) is 2.29. The van der Waals surface area contributed by atoms with Crippen LogP contribution >= 0.6 is 0 Å². The van der Waals surface area contributed by atoms with Crippen molar-refractivity contribution in [3.63, 3.8) is 0 Å². The van der Waals surface area contributed by atoms with E-state index in [-0.39, 0.29) is 24.4 Å². The zero-order chi connectivity index (χ0) is 14.6. The molecule has 0 spiro atoms. The molecular formula is C15H20F2N2O. The van der Waals surface area contributed by atoms with E-state index in [1.54, 1.807) is 0 Å². The number of hydrogen-bond acceptors (Lipinski definition) is 2. The predicted molar refractivity (Wildman–Crippen MR) is 73.1 cm³/mol. The molecule has 3 N–H and O–H groups in total. The molecule has 0 unspecified atom stereocenters. The summed E-state index contributed by atoms with van der Waals surface area (Å²) in [4.78, 5) is 12.1. The van der Waals surface area contributed by atoms with Crippen LogP contribution in [0.1, 0.15) is 37.7 Å². The van der Waals surface area contributed by atoms with E-state index in [0.717, 1.165) is 19.3 Å². The minimum atomic E-state index is -0.813. The van der Waals surface area contributed by atoms with Gasteiger partial charge in [0.25, 0.3) is 0 Å². The molecule has 1 fully saturated rings. The molecule has 1 aromatic rings. The molecule has 0 heterocycles. The highest BCUT2D eigenvalue weighted by Gasteiger charge is 2.34. The summed E-state index contributed by atoms with van der Waals surface area (Å²) in [6.07, 6.45) is 4.48.